The second-order valence-corrected chi connectivity index (χ2v) is 3.64. The highest BCUT2D eigenvalue weighted by atomic mass is 16.5. The van der Waals surface area contributed by atoms with Gasteiger partial charge in [-0.2, -0.15) is 0 Å². The van der Waals surface area contributed by atoms with E-state index in [1.165, 1.54) is 18.2 Å². The van der Waals surface area contributed by atoms with Gasteiger partial charge in [0.25, 0.3) is 0 Å². The van der Waals surface area contributed by atoms with Gasteiger partial charge in [0.05, 0.1) is 12.7 Å². The predicted octanol–water partition coefficient (Wildman–Crippen LogP) is 0.702. The van der Waals surface area contributed by atoms with E-state index >= 15 is 0 Å². The standard InChI is InChI=1S/C11H13NO2/c1-14-11(13)8-2-4-9-7(6-8)3-5-10(9)12/h2,4,6,10H,3,5,12H2,1H3/p+1/t10-/m0/s1. The molecule has 0 bridgehead atoms. The summed E-state index contributed by atoms with van der Waals surface area (Å²) in [5.74, 6) is -0.264. The Labute approximate surface area is 82.9 Å². The number of carbonyl (C=O) groups is 1. The molecule has 1 aliphatic carbocycles. The molecule has 1 aromatic rings. The van der Waals surface area contributed by atoms with Crippen LogP contribution in [0.4, 0.5) is 0 Å². The van der Waals surface area contributed by atoms with E-state index in [4.69, 9.17) is 0 Å². The zero-order chi connectivity index (χ0) is 10.1. The molecule has 0 fully saturated rings. The Morgan fingerprint density at radius 1 is 1.57 bits per heavy atom. The molecule has 0 radical (unpaired) electrons. The van der Waals surface area contributed by atoms with Crippen molar-refractivity contribution in [3.63, 3.8) is 0 Å². The number of benzene rings is 1. The highest BCUT2D eigenvalue weighted by molar-refractivity contribution is 5.89. The van der Waals surface area contributed by atoms with Gasteiger partial charge in [-0.05, 0) is 24.1 Å². The van der Waals surface area contributed by atoms with Crippen LogP contribution in [0, 0.1) is 0 Å². The SMILES string of the molecule is COC(=O)c1ccc2c(c1)CC[C@@H]2[NH3+]. The van der Waals surface area contributed by atoms with Gasteiger partial charge >= 0.3 is 5.97 Å². The summed E-state index contributed by atoms with van der Waals surface area (Å²) in [6.45, 7) is 0. The summed E-state index contributed by atoms with van der Waals surface area (Å²) in [7, 11) is 1.40. The Bertz CT molecular complexity index is 374. The largest absolute Gasteiger partial charge is 0.465 e. The maximum atomic E-state index is 11.3. The van der Waals surface area contributed by atoms with Crippen molar-refractivity contribution in [1.29, 1.82) is 0 Å². The maximum Gasteiger partial charge on any atom is 0.337 e. The minimum atomic E-state index is -0.264. The van der Waals surface area contributed by atoms with Crippen molar-refractivity contribution >= 4 is 5.97 Å². The third-order valence-corrected chi connectivity index (χ3v) is 2.77. The summed E-state index contributed by atoms with van der Waals surface area (Å²) < 4.78 is 4.67. The van der Waals surface area contributed by atoms with E-state index in [1.807, 2.05) is 18.2 Å². The number of esters is 1. The van der Waals surface area contributed by atoms with Gasteiger partial charge in [-0.3, -0.25) is 0 Å². The first-order valence-electron chi connectivity index (χ1n) is 4.76. The number of aryl methyl sites for hydroxylation is 1. The van der Waals surface area contributed by atoms with Crippen LogP contribution >= 0.6 is 0 Å². The monoisotopic (exact) mass is 192 g/mol. The fraction of sp³-hybridized carbons (Fsp3) is 0.364. The van der Waals surface area contributed by atoms with Crippen LogP contribution in [-0.2, 0) is 11.2 Å². The van der Waals surface area contributed by atoms with Crippen LogP contribution in [0.25, 0.3) is 0 Å². The highest BCUT2D eigenvalue weighted by Crippen LogP contribution is 2.28. The van der Waals surface area contributed by atoms with Gasteiger partial charge in [-0.1, -0.05) is 6.07 Å². The van der Waals surface area contributed by atoms with Crippen LogP contribution in [0.1, 0.15) is 33.9 Å². The van der Waals surface area contributed by atoms with Crippen molar-refractivity contribution in [3.05, 3.63) is 34.9 Å². The quantitative estimate of drug-likeness (QED) is 0.666. The molecule has 3 nitrogen and oxygen atoms in total. The summed E-state index contributed by atoms with van der Waals surface area (Å²) in [5, 5.41) is 0. The molecule has 3 N–H and O–H groups in total. The molecule has 0 aliphatic heterocycles. The van der Waals surface area contributed by atoms with Gasteiger partial charge in [0, 0.05) is 12.0 Å². The maximum absolute atomic E-state index is 11.3. The Hall–Kier alpha value is -1.35. The van der Waals surface area contributed by atoms with Crippen LogP contribution < -0.4 is 5.73 Å². The van der Waals surface area contributed by atoms with Crippen molar-refractivity contribution in [3.8, 4) is 0 Å². The summed E-state index contributed by atoms with van der Waals surface area (Å²) in [6, 6.07) is 6.11. The molecule has 0 heterocycles. The molecule has 1 atom stereocenters. The Morgan fingerprint density at radius 3 is 3.07 bits per heavy atom. The average Bonchev–Trinajstić information content (AvgIpc) is 2.59. The summed E-state index contributed by atoms with van der Waals surface area (Å²) >= 11 is 0. The van der Waals surface area contributed by atoms with Crippen molar-refractivity contribution in [1.82, 2.24) is 0 Å². The van der Waals surface area contributed by atoms with Gasteiger partial charge in [0.2, 0.25) is 0 Å². The van der Waals surface area contributed by atoms with Crippen LogP contribution in [0.3, 0.4) is 0 Å². The number of hydrogen-bond donors (Lipinski definition) is 1. The first kappa shape index (κ1) is 9.21. The summed E-state index contributed by atoms with van der Waals surface area (Å²) in [4.78, 5) is 11.3. The van der Waals surface area contributed by atoms with Gasteiger partial charge < -0.3 is 10.5 Å². The molecule has 74 valence electrons. The van der Waals surface area contributed by atoms with Crippen molar-refractivity contribution in [2.24, 2.45) is 0 Å². The third kappa shape index (κ3) is 1.40. The third-order valence-electron chi connectivity index (χ3n) is 2.77. The lowest BCUT2D eigenvalue weighted by Gasteiger charge is -2.03. The van der Waals surface area contributed by atoms with E-state index in [1.54, 1.807) is 0 Å². The molecule has 0 unspecified atom stereocenters. The lowest BCUT2D eigenvalue weighted by Crippen LogP contribution is -2.52. The molecule has 3 heteroatoms. The number of hydrogen-bond acceptors (Lipinski definition) is 2. The fourth-order valence-electron chi connectivity index (χ4n) is 1.95. The number of quaternary nitrogens is 1. The van der Waals surface area contributed by atoms with Gasteiger partial charge in [-0.25, -0.2) is 4.79 Å². The molecular weight excluding hydrogens is 178 g/mol. The molecule has 14 heavy (non-hydrogen) atoms. The number of carbonyl (C=O) groups excluding carboxylic acids is 1. The number of rotatable bonds is 1. The van der Waals surface area contributed by atoms with Crippen molar-refractivity contribution in [2.75, 3.05) is 7.11 Å². The molecule has 0 amide bonds. The molecule has 0 saturated carbocycles. The molecule has 0 saturated heterocycles. The minimum absolute atomic E-state index is 0.264. The molecule has 1 aliphatic rings. The van der Waals surface area contributed by atoms with E-state index in [2.05, 4.69) is 10.5 Å². The Kier molecular flexibility index (Phi) is 2.25. The van der Waals surface area contributed by atoms with E-state index in [0.29, 0.717) is 11.6 Å². The summed E-state index contributed by atoms with van der Waals surface area (Å²) in [6.07, 6.45) is 2.11. The Morgan fingerprint density at radius 2 is 2.36 bits per heavy atom. The molecule has 0 aromatic heterocycles. The lowest BCUT2D eigenvalue weighted by atomic mass is 10.1. The van der Waals surface area contributed by atoms with Gasteiger partial charge in [0.15, 0.2) is 0 Å². The van der Waals surface area contributed by atoms with E-state index in [-0.39, 0.29) is 5.97 Å². The topological polar surface area (TPSA) is 53.9 Å². The zero-order valence-electron chi connectivity index (χ0n) is 8.25. The molecular formula is C11H14NO2+. The number of fused-ring (bicyclic) bond motifs is 1. The fourth-order valence-corrected chi connectivity index (χ4v) is 1.95. The van der Waals surface area contributed by atoms with E-state index in [9.17, 15) is 4.79 Å². The Balaban J connectivity index is 2.37. The second-order valence-electron chi connectivity index (χ2n) is 3.64. The van der Waals surface area contributed by atoms with Crippen LogP contribution in [-0.4, -0.2) is 13.1 Å². The van der Waals surface area contributed by atoms with Crippen LogP contribution in [0.5, 0.6) is 0 Å². The van der Waals surface area contributed by atoms with Gasteiger partial charge in [0.1, 0.15) is 6.04 Å². The van der Waals surface area contributed by atoms with E-state index < -0.39 is 0 Å². The molecule has 2 rings (SSSR count). The van der Waals surface area contributed by atoms with Crippen LogP contribution in [0.2, 0.25) is 0 Å². The zero-order valence-corrected chi connectivity index (χ0v) is 8.25. The molecule has 1 aromatic carbocycles. The first-order valence-corrected chi connectivity index (χ1v) is 4.76. The van der Waals surface area contributed by atoms with E-state index in [0.717, 1.165) is 12.8 Å². The van der Waals surface area contributed by atoms with Crippen molar-refractivity contribution < 1.29 is 15.3 Å². The average molecular weight is 192 g/mol. The lowest BCUT2D eigenvalue weighted by molar-refractivity contribution is -0.425. The summed E-state index contributed by atoms with van der Waals surface area (Å²) in [5.41, 5.74) is 7.22. The van der Waals surface area contributed by atoms with Gasteiger partial charge in [-0.15, -0.1) is 0 Å². The smallest absolute Gasteiger partial charge is 0.337 e. The van der Waals surface area contributed by atoms with Crippen LogP contribution in [0.15, 0.2) is 18.2 Å². The normalized spacial score (nSPS) is 19.1. The number of ether oxygens (including phenoxy) is 1. The second kappa shape index (κ2) is 3.42. The number of methoxy groups -OCH3 is 1. The molecule has 0 spiro atoms. The highest BCUT2D eigenvalue weighted by Gasteiger charge is 2.22. The predicted molar refractivity (Wildman–Crippen MR) is 51.7 cm³/mol. The minimum Gasteiger partial charge on any atom is -0.465 e. The first-order chi connectivity index (χ1) is 6.72. The van der Waals surface area contributed by atoms with Crippen molar-refractivity contribution in [2.45, 2.75) is 18.9 Å².